The molecule has 0 radical (unpaired) electrons. The van der Waals surface area contributed by atoms with Gasteiger partial charge in [0.25, 0.3) is 0 Å². The summed E-state index contributed by atoms with van der Waals surface area (Å²) in [6.45, 7) is 0. The highest BCUT2D eigenvalue weighted by atomic mass is 32.1. The molecule has 0 N–H and O–H groups in total. The van der Waals surface area contributed by atoms with E-state index in [1.54, 1.807) is 15.9 Å². The second-order valence-electron chi connectivity index (χ2n) is 13.5. The molecule has 5 heteroatoms. The predicted octanol–water partition coefficient (Wildman–Crippen LogP) is 13.7. The molecule has 11 rings (SSSR count). The van der Waals surface area contributed by atoms with Crippen LogP contribution in [0, 0.1) is 0 Å². The molecule has 0 saturated heterocycles. The number of rotatable bonds is 6. The lowest BCUT2D eigenvalue weighted by Gasteiger charge is -2.14. The third-order valence-electron chi connectivity index (χ3n) is 10.1. The Balaban J connectivity index is 1.15. The van der Waals surface area contributed by atoms with Gasteiger partial charge in [0, 0.05) is 53.3 Å². The van der Waals surface area contributed by atoms with E-state index in [0.717, 1.165) is 59.1 Å². The summed E-state index contributed by atoms with van der Waals surface area (Å²) in [5.41, 5.74) is 6.65. The number of aromatic nitrogens is 4. The molecule has 56 heavy (non-hydrogen) atoms. The van der Waals surface area contributed by atoms with Crippen LogP contribution in [-0.2, 0) is 0 Å². The van der Waals surface area contributed by atoms with Gasteiger partial charge in [0.15, 0.2) is 17.5 Å². The average Bonchev–Trinajstić information content (AvgIpc) is 3.91. The van der Waals surface area contributed by atoms with Gasteiger partial charge in [-0.1, -0.05) is 158 Å². The lowest BCUT2D eigenvalue weighted by molar-refractivity contribution is 1.07. The summed E-state index contributed by atoms with van der Waals surface area (Å²) in [5.74, 6) is 1.70. The highest BCUT2D eigenvalue weighted by Gasteiger charge is 2.18. The Bertz CT molecular complexity index is 3570. The topological polar surface area (TPSA) is 43.6 Å². The van der Waals surface area contributed by atoms with Crippen LogP contribution in [0.5, 0.6) is 0 Å². The van der Waals surface area contributed by atoms with E-state index in [-0.39, 0.29) is 46.0 Å². The average molecular weight is 741 g/mol. The largest absolute Gasteiger partial charge is 0.309 e. The van der Waals surface area contributed by atoms with Crippen LogP contribution in [0.3, 0.4) is 0 Å². The van der Waals surface area contributed by atoms with Gasteiger partial charge in [0.2, 0.25) is 0 Å². The molecule has 11 aromatic rings. The number of para-hydroxylation sites is 2. The normalized spacial score (nSPS) is 13.6. The molecule has 0 fully saturated rings. The van der Waals surface area contributed by atoms with Crippen molar-refractivity contribution in [1.29, 1.82) is 0 Å². The Morgan fingerprint density at radius 1 is 0.411 bits per heavy atom. The van der Waals surface area contributed by atoms with Crippen molar-refractivity contribution < 1.29 is 11.0 Å². The van der Waals surface area contributed by atoms with Gasteiger partial charge in [-0.2, -0.15) is 0 Å². The quantitative estimate of drug-likeness (QED) is 0.170. The molecule has 0 aliphatic carbocycles. The Labute approximate surface area is 338 Å². The van der Waals surface area contributed by atoms with Gasteiger partial charge in [0.05, 0.1) is 22.0 Å². The lowest BCUT2D eigenvalue weighted by atomic mass is 9.96. The molecular weight excluding hydrogens is 701 g/mol. The van der Waals surface area contributed by atoms with Crippen molar-refractivity contribution in [2.75, 3.05) is 0 Å². The zero-order chi connectivity index (χ0) is 44.0. The minimum atomic E-state index is -0.481. The van der Waals surface area contributed by atoms with Crippen molar-refractivity contribution in [2.24, 2.45) is 0 Å². The fourth-order valence-electron chi connectivity index (χ4n) is 7.47. The number of benzene rings is 8. The summed E-state index contributed by atoms with van der Waals surface area (Å²) >= 11 is 1.64. The molecule has 0 aliphatic rings. The summed E-state index contributed by atoms with van der Waals surface area (Å²) in [6, 6.07) is 44.6. The van der Waals surface area contributed by atoms with Gasteiger partial charge in [-0.15, -0.1) is 11.3 Å². The van der Waals surface area contributed by atoms with Gasteiger partial charge in [-0.3, -0.25) is 0 Å². The van der Waals surface area contributed by atoms with Gasteiger partial charge >= 0.3 is 0 Å². The first-order valence-electron chi connectivity index (χ1n) is 22.1. The van der Waals surface area contributed by atoms with E-state index in [0.29, 0.717) is 23.2 Å². The van der Waals surface area contributed by atoms with Crippen molar-refractivity contribution in [3.63, 3.8) is 0 Å². The number of nitrogens with zero attached hydrogens (tertiary/aromatic N) is 4. The first-order chi connectivity index (χ1) is 31.1. The van der Waals surface area contributed by atoms with Gasteiger partial charge in [-0.05, 0) is 58.6 Å². The molecule has 3 aromatic heterocycles. The molecule has 3 heterocycles. The first-order valence-corrected chi connectivity index (χ1v) is 18.9. The van der Waals surface area contributed by atoms with Crippen molar-refractivity contribution in [3.05, 3.63) is 194 Å². The van der Waals surface area contributed by atoms with E-state index >= 15 is 0 Å². The third kappa shape index (κ3) is 5.48. The van der Waals surface area contributed by atoms with E-state index in [9.17, 15) is 0 Å². The van der Waals surface area contributed by atoms with Crippen LogP contribution in [0.15, 0.2) is 194 Å². The Hall–Kier alpha value is -7.21. The van der Waals surface area contributed by atoms with Crippen molar-refractivity contribution >= 4 is 53.3 Å². The zero-order valence-corrected chi connectivity index (χ0v) is 30.4. The molecule has 0 spiro atoms. The molecule has 0 aliphatic heterocycles. The minimum Gasteiger partial charge on any atom is -0.309 e. The molecule has 0 atom stereocenters. The van der Waals surface area contributed by atoms with Gasteiger partial charge in [-0.25, -0.2) is 15.0 Å². The maximum Gasteiger partial charge on any atom is 0.164 e. The van der Waals surface area contributed by atoms with Crippen LogP contribution in [0.4, 0.5) is 0 Å². The van der Waals surface area contributed by atoms with Gasteiger partial charge in [0.1, 0.15) is 0 Å². The fourth-order valence-corrected chi connectivity index (χ4v) is 8.75. The molecule has 0 bridgehead atoms. The molecule has 4 nitrogen and oxygen atoms in total. The van der Waals surface area contributed by atoms with Crippen molar-refractivity contribution in [1.82, 2.24) is 19.5 Å². The second-order valence-corrected chi connectivity index (χ2v) is 14.5. The van der Waals surface area contributed by atoms with E-state index in [1.807, 2.05) is 115 Å². The van der Waals surface area contributed by atoms with Crippen LogP contribution < -0.4 is 0 Å². The summed E-state index contributed by atoms with van der Waals surface area (Å²) in [7, 11) is 0. The van der Waals surface area contributed by atoms with Crippen molar-refractivity contribution in [2.45, 2.75) is 0 Å². The van der Waals surface area contributed by atoms with E-state index < -0.39 is 24.2 Å². The summed E-state index contributed by atoms with van der Waals surface area (Å²) in [5, 5.41) is 2.17. The lowest BCUT2D eigenvalue weighted by Crippen LogP contribution is -1.99. The Morgan fingerprint density at radius 3 is 1.59 bits per heavy atom. The third-order valence-corrected chi connectivity index (χ3v) is 11.3. The molecule has 0 unspecified atom stereocenters. The van der Waals surface area contributed by atoms with Gasteiger partial charge < -0.3 is 4.57 Å². The van der Waals surface area contributed by atoms with Crippen LogP contribution in [0.1, 0.15) is 11.0 Å². The standard InChI is InChI=1S/C51H32N4S/c1-4-15-33(16-5-1)37-29-38(31-39(30-37)55-45-25-12-10-21-41(45)42-22-11-13-26-46(42)55)40-23-14-24-44-43-28-27-36(32-47(43)56-48(40)44)51-53-49(34-17-6-2-7-18-34)52-50(54-51)35-19-8-3-9-20-35/h1-32H/i10D,11D,12D,13D,21D,22D,25D,26D. The molecule has 0 amide bonds. The number of fused-ring (bicyclic) bond motifs is 6. The van der Waals surface area contributed by atoms with E-state index in [1.165, 1.54) is 0 Å². The highest BCUT2D eigenvalue weighted by Crippen LogP contribution is 2.43. The molecule has 262 valence electrons. The van der Waals surface area contributed by atoms with Crippen LogP contribution in [-0.4, -0.2) is 19.5 Å². The monoisotopic (exact) mass is 740 g/mol. The van der Waals surface area contributed by atoms with Crippen LogP contribution in [0.2, 0.25) is 0 Å². The second kappa shape index (κ2) is 13.3. The predicted molar refractivity (Wildman–Crippen MR) is 234 cm³/mol. The zero-order valence-electron chi connectivity index (χ0n) is 37.6. The Morgan fingerprint density at radius 2 is 0.964 bits per heavy atom. The van der Waals surface area contributed by atoms with E-state index in [2.05, 4.69) is 30.3 Å². The minimum absolute atomic E-state index is 0.0343. The first kappa shape index (κ1) is 25.0. The Kier molecular flexibility index (Phi) is 5.92. The van der Waals surface area contributed by atoms with Crippen LogP contribution in [0.25, 0.3) is 104 Å². The molecule has 0 saturated carbocycles. The summed E-state index contributed by atoms with van der Waals surface area (Å²) < 4.78 is 74.3. The summed E-state index contributed by atoms with van der Waals surface area (Å²) in [4.78, 5) is 14.8. The van der Waals surface area contributed by atoms with Crippen molar-refractivity contribution in [3.8, 4) is 62.1 Å². The highest BCUT2D eigenvalue weighted by molar-refractivity contribution is 7.26. The SMILES string of the molecule is [2H]c1c([2H])c([2H])c2c(c1[2H])c1c([2H])c([2H])c([2H])c([2H])c1n2-c1cc(-c2ccccc2)cc(-c2cccc3c2sc2cc(-c4nc(-c5ccccc5)nc(-c5ccccc5)n4)ccc23)c1. The number of hydrogen-bond acceptors (Lipinski definition) is 4. The number of thiophene rings is 1. The molecular formula is C51H32N4S. The smallest absolute Gasteiger partial charge is 0.164 e. The maximum atomic E-state index is 9.15. The molecule has 8 aromatic carbocycles. The fraction of sp³-hybridized carbons (Fsp3) is 0. The number of hydrogen-bond donors (Lipinski definition) is 0. The summed E-state index contributed by atoms with van der Waals surface area (Å²) in [6.07, 6.45) is 0. The van der Waals surface area contributed by atoms with Crippen LogP contribution >= 0.6 is 11.3 Å². The van der Waals surface area contributed by atoms with E-state index in [4.69, 9.17) is 25.9 Å². The maximum absolute atomic E-state index is 9.15.